The summed E-state index contributed by atoms with van der Waals surface area (Å²) in [7, 11) is 0. The molecule has 0 atom stereocenters. The van der Waals surface area contributed by atoms with Gasteiger partial charge in [0.2, 0.25) is 0 Å². The fraction of sp³-hybridized carbons (Fsp3) is 0. The lowest BCUT2D eigenvalue weighted by Gasteiger charge is -1.82. The van der Waals surface area contributed by atoms with Gasteiger partial charge >= 0.3 is 5.97 Å². The van der Waals surface area contributed by atoms with Crippen LogP contribution in [0.1, 0.15) is 15.4 Å². The predicted octanol–water partition coefficient (Wildman–Crippen LogP) is 0.295. The number of nitrogens with zero attached hydrogens (tertiary/aromatic N) is 2. The zero-order valence-corrected chi connectivity index (χ0v) is 6.05. The lowest BCUT2D eigenvalue weighted by molar-refractivity contribution is 0.0701. The third kappa shape index (κ3) is 1.28. The molecule has 0 saturated heterocycles. The Morgan fingerprint density at radius 2 is 2.45 bits per heavy atom. The molecule has 1 aromatic rings. The van der Waals surface area contributed by atoms with Crippen molar-refractivity contribution < 1.29 is 9.90 Å². The van der Waals surface area contributed by atoms with Crippen LogP contribution in [-0.2, 0) is 0 Å². The summed E-state index contributed by atoms with van der Waals surface area (Å²) < 4.78 is 0. The van der Waals surface area contributed by atoms with E-state index in [9.17, 15) is 4.79 Å². The van der Waals surface area contributed by atoms with Crippen LogP contribution in [0, 0.1) is 11.3 Å². The van der Waals surface area contributed by atoms with Crippen LogP contribution in [0.3, 0.4) is 0 Å². The molecule has 1 rings (SSSR count). The molecule has 0 fully saturated rings. The minimum Gasteiger partial charge on any atom is -0.477 e. The molecule has 0 amide bonds. The van der Waals surface area contributed by atoms with Gasteiger partial charge in [-0.1, -0.05) is 11.3 Å². The molecule has 0 spiro atoms. The highest BCUT2D eigenvalue weighted by Gasteiger charge is 2.14. The van der Waals surface area contributed by atoms with Crippen LogP contribution in [0.5, 0.6) is 0 Å². The van der Waals surface area contributed by atoms with Gasteiger partial charge in [0.05, 0.1) is 0 Å². The second-order valence-electron chi connectivity index (χ2n) is 1.65. The van der Waals surface area contributed by atoms with E-state index in [2.05, 4.69) is 4.98 Å². The number of hydrogen-bond acceptors (Lipinski definition) is 5. The molecule has 0 aliphatic carbocycles. The van der Waals surface area contributed by atoms with Crippen LogP contribution in [-0.4, -0.2) is 16.1 Å². The van der Waals surface area contributed by atoms with Crippen LogP contribution in [0.4, 0.5) is 5.13 Å². The standard InChI is InChI=1S/C5H3N3O2S/c6-1-2-3(4(9)10)11-5(7)8-2/h(H2,7,8)(H,9,10). The molecule has 0 unspecified atom stereocenters. The van der Waals surface area contributed by atoms with E-state index in [0.29, 0.717) is 0 Å². The summed E-state index contributed by atoms with van der Waals surface area (Å²) in [5.41, 5.74) is 5.06. The smallest absolute Gasteiger partial charge is 0.349 e. The first-order valence-corrected chi connectivity index (χ1v) is 3.36. The third-order valence-electron chi connectivity index (χ3n) is 0.944. The Kier molecular flexibility index (Phi) is 1.74. The van der Waals surface area contributed by atoms with Crippen LogP contribution in [0.2, 0.25) is 0 Å². The topological polar surface area (TPSA) is 100 Å². The average molecular weight is 169 g/mol. The number of anilines is 1. The van der Waals surface area contributed by atoms with Gasteiger partial charge in [0.15, 0.2) is 15.7 Å². The van der Waals surface area contributed by atoms with Gasteiger partial charge in [-0.3, -0.25) is 0 Å². The molecule has 0 saturated carbocycles. The van der Waals surface area contributed by atoms with E-state index in [1.54, 1.807) is 6.07 Å². The lowest BCUT2D eigenvalue weighted by atomic mass is 10.4. The summed E-state index contributed by atoms with van der Waals surface area (Å²) in [5.74, 6) is -1.17. The number of aromatic carboxylic acids is 1. The number of carboxylic acid groups (broad SMARTS) is 1. The van der Waals surface area contributed by atoms with E-state index in [0.717, 1.165) is 11.3 Å². The number of aromatic nitrogens is 1. The van der Waals surface area contributed by atoms with Crippen molar-refractivity contribution in [1.82, 2.24) is 4.98 Å². The Hall–Kier alpha value is -1.61. The fourth-order valence-electron chi connectivity index (χ4n) is 0.557. The van der Waals surface area contributed by atoms with Crippen LogP contribution in [0.15, 0.2) is 0 Å². The van der Waals surface area contributed by atoms with Crippen molar-refractivity contribution in [2.45, 2.75) is 0 Å². The van der Waals surface area contributed by atoms with Gasteiger partial charge in [0, 0.05) is 0 Å². The Morgan fingerprint density at radius 1 is 1.82 bits per heavy atom. The largest absolute Gasteiger partial charge is 0.477 e. The number of rotatable bonds is 1. The summed E-state index contributed by atoms with van der Waals surface area (Å²) in [6, 6.07) is 1.64. The molecule has 0 radical (unpaired) electrons. The zero-order valence-electron chi connectivity index (χ0n) is 5.24. The third-order valence-corrected chi connectivity index (χ3v) is 1.82. The molecule has 0 aliphatic heterocycles. The number of carbonyl (C=O) groups is 1. The quantitative estimate of drug-likeness (QED) is 0.629. The summed E-state index contributed by atoms with van der Waals surface area (Å²) in [6.45, 7) is 0. The maximum atomic E-state index is 10.4. The fourth-order valence-corrected chi connectivity index (χ4v) is 1.18. The molecular formula is C5H3N3O2S. The first kappa shape index (κ1) is 7.50. The van der Waals surface area contributed by atoms with Crippen molar-refractivity contribution >= 4 is 22.4 Å². The van der Waals surface area contributed by atoms with Crippen molar-refractivity contribution in [1.29, 1.82) is 5.26 Å². The van der Waals surface area contributed by atoms with Gasteiger partial charge in [-0.2, -0.15) is 5.26 Å². The minimum atomic E-state index is -1.17. The summed E-state index contributed by atoms with van der Waals surface area (Å²) in [4.78, 5) is 13.8. The van der Waals surface area contributed by atoms with E-state index in [1.807, 2.05) is 0 Å². The molecule has 6 heteroatoms. The summed E-state index contributed by atoms with van der Waals surface area (Å²) >= 11 is 0.792. The first-order chi connectivity index (χ1) is 5.15. The van der Waals surface area contributed by atoms with Gasteiger partial charge in [-0.15, -0.1) is 0 Å². The number of nitrogen functional groups attached to an aromatic ring is 1. The van der Waals surface area contributed by atoms with E-state index >= 15 is 0 Å². The van der Waals surface area contributed by atoms with Crippen molar-refractivity contribution in [2.75, 3.05) is 5.73 Å². The number of nitriles is 1. The van der Waals surface area contributed by atoms with E-state index < -0.39 is 5.97 Å². The molecule has 0 aromatic carbocycles. The first-order valence-electron chi connectivity index (χ1n) is 2.55. The Morgan fingerprint density at radius 3 is 2.82 bits per heavy atom. The second kappa shape index (κ2) is 2.56. The minimum absolute atomic E-state index is 0.0963. The number of carboxylic acids is 1. The normalized spacial score (nSPS) is 9.00. The van der Waals surface area contributed by atoms with Crippen molar-refractivity contribution in [2.24, 2.45) is 0 Å². The van der Waals surface area contributed by atoms with Gasteiger partial charge in [-0.25, -0.2) is 9.78 Å². The maximum Gasteiger partial charge on any atom is 0.349 e. The van der Waals surface area contributed by atoms with Gasteiger partial charge in [-0.05, 0) is 0 Å². The highest BCUT2D eigenvalue weighted by molar-refractivity contribution is 7.17. The molecule has 11 heavy (non-hydrogen) atoms. The van der Waals surface area contributed by atoms with Gasteiger partial charge < -0.3 is 10.8 Å². The average Bonchev–Trinajstić information content (AvgIpc) is 2.30. The summed E-state index contributed by atoms with van der Waals surface area (Å²) in [6.07, 6.45) is 0. The highest BCUT2D eigenvalue weighted by atomic mass is 32.1. The SMILES string of the molecule is N#Cc1nc(N)sc1C(=O)O. The molecule has 0 bridgehead atoms. The molecule has 5 nitrogen and oxygen atoms in total. The van der Waals surface area contributed by atoms with Crippen LogP contribution >= 0.6 is 11.3 Å². The maximum absolute atomic E-state index is 10.4. The summed E-state index contributed by atoms with van der Waals surface area (Å²) in [5, 5.41) is 16.9. The number of nitrogens with two attached hydrogens (primary N) is 1. The van der Waals surface area contributed by atoms with E-state index in [1.165, 1.54) is 0 Å². The van der Waals surface area contributed by atoms with Gasteiger partial charge in [0.25, 0.3) is 0 Å². The molecule has 56 valence electrons. The lowest BCUT2D eigenvalue weighted by Crippen LogP contribution is -1.94. The Balaban J connectivity index is 3.26. The molecule has 3 N–H and O–H groups in total. The Bertz CT molecular complexity index is 338. The van der Waals surface area contributed by atoms with Crippen LogP contribution in [0.25, 0.3) is 0 Å². The molecular weight excluding hydrogens is 166 g/mol. The molecule has 0 aliphatic rings. The Labute approximate surface area is 65.7 Å². The zero-order chi connectivity index (χ0) is 8.43. The van der Waals surface area contributed by atoms with E-state index in [4.69, 9.17) is 16.1 Å². The monoisotopic (exact) mass is 169 g/mol. The van der Waals surface area contributed by atoms with Crippen molar-refractivity contribution in [3.63, 3.8) is 0 Å². The molecule has 1 aromatic heterocycles. The van der Waals surface area contributed by atoms with Crippen LogP contribution < -0.4 is 5.73 Å². The highest BCUT2D eigenvalue weighted by Crippen LogP contribution is 2.18. The van der Waals surface area contributed by atoms with Gasteiger partial charge in [0.1, 0.15) is 6.07 Å². The predicted molar refractivity (Wildman–Crippen MR) is 38.2 cm³/mol. The van der Waals surface area contributed by atoms with Crippen molar-refractivity contribution in [3.8, 4) is 6.07 Å². The number of hydrogen-bond donors (Lipinski definition) is 2. The molecule has 1 heterocycles. The van der Waals surface area contributed by atoms with Crippen molar-refractivity contribution in [3.05, 3.63) is 10.6 Å². The number of thiazole rings is 1. The van der Waals surface area contributed by atoms with E-state index in [-0.39, 0.29) is 15.7 Å². The second-order valence-corrected chi connectivity index (χ2v) is 2.68.